The molecule has 0 saturated carbocycles. The lowest BCUT2D eigenvalue weighted by Gasteiger charge is -2.43. The number of nitrogens with two attached hydrogens (primary N) is 2. The summed E-state index contributed by atoms with van der Waals surface area (Å²) in [5, 5.41) is 20.4. The van der Waals surface area contributed by atoms with Crippen LogP contribution in [-0.4, -0.2) is 86.7 Å². The van der Waals surface area contributed by atoms with Crippen LogP contribution < -0.4 is 43.7 Å². The largest absolute Gasteiger partial charge is 0.385 e. The molecule has 11 N–H and O–H groups in total. The predicted octanol–water partition coefficient (Wildman–Crippen LogP) is -5.09. The van der Waals surface area contributed by atoms with E-state index < -0.39 is 47.0 Å². The van der Waals surface area contributed by atoms with Gasteiger partial charge in [-0.1, -0.05) is 12.1 Å². The van der Waals surface area contributed by atoms with Crippen molar-refractivity contribution in [2.24, 2.45) is 16.5 Å². The molecule has 4 aliphatic rings. The minimum atomic E-state index is -1.25. The highest BCUT2D eigenvalue weighted by atomic mass is 16.3. The van der Waals surface area contributed by atoms with E-state index in [9.17, 15) is 24.3 Å². The second-order valence-electron chi connectivity index (χ2n) is 10.5. The lowest BCUT2D eigenvalue weighted by atomic mass is 9.87. The molecule has 15 nitrogen and oxygen atoms in total. The van der Waals surface area contributed by atoms with Crippen molar-refractivity contribution in [2.45, 2.75) is 55.6 Å². The van der Waals surface area contributed by atoms with E-state index in [1.165, 1.54) is 5.56 Å². The number of aliphatic imine (C=N–C) groups is 1. The summed E-state index contributed by atoms with van der Waals surface area (Å²) in [7, 11) is 0. The van der Waals surface area contributed by atoms with Crippen LogP contribution in [0.25, 0.3) is 0 Å². The third-order valence-electron chi connectivity index (χ3n) is 8.17. The highest BCUT2D eigenvalue weighted by Crippen LogP contribution is 2.35. The number of guanidine groups is 2. The zero-order valence-electron chi connectivity index (χ0n) is 21.5. The number of hydrogen-bond acceptors (Lipinski definition) is 10. The van der Waals surface area contributed by atoms with E-state index in [0.717, 1.165) is 37.3 Å². The first-order valence-corrected chi connectivity index (χ1v) is 13.2. The number of nitrogens with zero attached hydrogens (tertiary/aromatic N) is 2. The average Bonchev–Trinajstić information content (AvgIpc) is 3.42. The maximum absolute atomic E-state index is 13.4. The van der Waals surface area contributed by atoms with E-state index in [1.807, 2.05) is 11.1 Å². The quantitative estimate of drug-likeness (QED) is 0.172. The Balaban J connectivity index is 1.23. The first-order valence-electron chi connectivity index (χ1n) is 13.2. The fraction of sp³-hybridized carbons (Fsp3) is 0.440. The fourth-order valence-electron chi connectivity index (χ4n) is 6.41. The van der Waals surface area contributed by atoms with Crippen molar-refractivity contribution in [2.75, 3.05) is 13.1 Å². The Morgan fingerprint density at radius 1 is 1.18 bits per heavy atom. The number of aromatic nitrogens is 2. The third kappa shape index (κ3) is 4.09. The van der Waals surface area contributed by atoms with E-state index in [4.69, 9.17) is 11.5 Å². The van der Waals surface area contributed by atoms with Crippen LogP contribution in [0, 0.1) is 0 Å². The first-order chi connectivity index (χ1) is 19.2. The minimum absolute atomic E-state index is 0.0591. The molecule has 15 heteroatoms. The second kappa shape index (κ2) is 9.51. The molecular weight excluding hydrogens is 520 g/mol. The van der Waals surface area contributed by atoms with Gasteiger partial charge in [-0.05, 0) is 42.9 Å². The van der Waals surface area contributed by atoms with Gasteiger partial charge in [-0.3, -0.25) is 30.1 Å². The molecular formula is C25H31N10O5+. The van der Waals surface area contributed by atoms with Crippen LogP contribution >= 0.6 is 0 Å². The van der Waals surface area contributed by atoms with Gasteiger partial charge in [0.2, 0.25) is 5.66 Å². The summed E-state index contributed by atoms with van der Waals surface area (Å²) in [6.45, 7) is 0.110. The van der Waals surface area contributed by atoms with Gasteiger partial charge in [-0.2, -0.15) is 0 Å². The number of benzene rings is 1. The number of hydrogen-bond donors (Lipinski definition) is 9. The van der Waals surface area contributed by atoms with Gasteiger partial charge in [-0.25, -0.2) is 15.1 Å². The summed E-state index contributed by atoms with van der Waals surface area (Å²) in [5.41, 5.74) is 12.3. The molecule has 2 aromatic rings. The summed E-state index contributed by atoms with van der Waals surface area (Å²) in [5.74, 6) is -0.695. The summed E-state index contributed by atoms with van der Waals surface area (Å²) < 4.78 is 0. The van der Waals surface area contributed by atoms with Gasteiger partial charge in [0.1, 0.15) is 17.8 Å². The van der Waals surface area contributed by atoms with Crippen molar-refractivity contribution in [3.05, 3.63) is 67.5 Å². The van der Waals surface area contributed by atoms with Crippen LogP contribution in [0.15, 0.2) is 38.8 Å². The van der Waals surface area contributed by atoms with E-state index in [2.05, 4.69) is 37.0 Å². The Kier molecular flexibility index (Phi) is 6.09. The van der Waals surface area contributed by atoms with Crippen LogP contribution in [0.2, 0.25) is 0 Å². The normalized spacial score (nSPS) is 28.4. The number of carbonyl (C=O) groups excluding carboxylic acids is 2. The van der Waals surface area contributed by atoms with Crippen molar-refractivity contribution >= 4 is 23.7 Å². The van der Waals surface area contributed by atoms with E-state index >= 15 is 0 Å². The number of fused-ring (bicyclic) bond motifs is 1. The molecule has 0 radical (unpaired) electrons. The molecule has 210 valence electrons. The van der Waals surface area contributed by atoms with Crippen molar-refractivity contribution < 1.29 is 19.7 Å². The molecule has 6 rings (SSSR count). The van der Waals surface area contributed by atoms with Crippen LogP contribution in [0.4, 0.5) is 0 Å². The minimum Gasteiger partial charge on any atom is -0.385 e. The van der Waals surface area contributed by atoms with Gasteiger partial charge >= 0.3 is 11.6 Å². The molecule has 0 bridgehead atoms. The molecule has 1 aromatic carbocycles. The molecule has 4 heterocycles. The number of aromatic amines is 2. The number of aliphatic hydroxyl groups is 1. The standard InChI is InChI=1S/C25H30N10O5/c26-22-33-18-15(9-28-21(39)14-8-17(36)32-24(40)31-14)30-23(27)35-10-16(19(37)25(18,35)34-22)29-20(38)13-7-3-5-11-4-1-2-6-12(11)13/h3,5,7-8,15-16,18-19,37H,1-2,4,6,9-10H2,(H2,27,30)(H,28,39)(H,29,38)(H3,26,33,34)(H2,31,32,36,40)/p+1/t15-,16?,18-,19+,25?/m0/s1. The number of carbonyl (C=O) groups is 2. The van der Waals surface area contributed by atoms with Gasteiger partial charge in [0.05, 0.1) is 6.04 Å². The van der Waals surface area contributed by atoms with Crippen molar-refractivity contribution in [1.82, 2.24) is 30.8 Å². The van der Waals surface area contributed by atoms with Crippen molar-refractivity contribution in [3.8, 4) is 0 Å². The third-order valence-corrected chi connectivity index (χ3v) is 8.17. The van der Waals surface area contributed by atoms with Crippen LogP contribution in [0.1, 0.15) is 44.8 Å². The zero-order valence-corrected chi connectivity index (χ0v) is 21.5. The smallest absolute Gasteiger partial charge is 0.343 e. The second-order valence-corrected chi connectivity index (χ2v) is 10.5. The molecule has 2 amide bonds. The number of rotatable bonds is 5. The number of aryl methyl sites for hydroxylation is 1. The molecule has 1 fully saturated rings. The van der Waals surface area contributed by atoms with Gasteiger partial charge in [0.25, 0.3) is 17.4 Å². The Bertz CT molecular complexity index is 1540. The van der Waals surface area contributed by atoms with Gasteiger partial charge in [0.15, 0.2) is 12.0 Å². The highest BCUT2D eigenvalue weighted by molar-refractivity contribution is 5.96. The maximum atomic E-state index is 13.4. The lowest BCUT2D eigenvalue weighted by Crippen LogP contribution is -2.88. The summed E-state index contributed by atoms with van der Waals surface area (Å²) >= 11 is 0. The SMILES string of the molecule is NC1=N[C@@H](CNC(=O)c2cc(=O)[nH]c(=O)[nH]2)[C@@H]2[NH+]=C(N)NC23[C@H](O)C(NC(=O)c2cccc4c2CCCC4)CN13. The maximum Gasteiger partial charge on any atom is 0.343 e. The van der Waals surface area contributed by atoms with E-state index in [1.54, 1.807) is 11.0 Å². The molecule has 3 aliphatic heterocycles. The average molecular weight is 552 g/mol. The Morgan fingerprint density at radius 2 is 1.98 bits per heavy atom. The summed E-state index contributed by atoms with van der Waals surface area (Å²) in [4.78, 5) is 62.8. The molecule has 40 heavy (non-hydrogen) atoms. The fourth-order valence-corrected chi connectivity index (χ4v) is 6.41. The topological polar surface area (TPSA) is 238 Å². The Morgan fingerprint density at radius 3 is 2.77 bits per heavy atom. The molecule has 1 saturated heterocycles. The molecule has 1 aliphatic carbocycles. The molecule has 1 spiro atoms. The van der Waals surface area contributed by atoms with Crippen molar-refractivity contribution in [1.29, 1.82) is 0 Å². The number of nitrogens with one attached hydrogen (secondary N) is 6. The van der Waals surface area contributed by atoms with Gasteiger partial charge in [-0.15, -0.1) is 0 Å². The highest BCUT2D eigenvalue weighted by Gasteiger charge is 2.68. The molecule has 1 aromatic heterocycles. The van der Waals surface area contributed by atoms with Crippen LogP contribution in [0.5, 0.6) is 0 Å². The van der Waals surface area contributed by atoms with E-state index in [0.29, 0.717) is 5.56 Å². The predicted molar refractivity (Wildman–Crippen MR) is 142 cm³/mol. The van der Waals surface area contributed by atoms with Crippen LogP contribution in [0.3, 0.4) is 0 Å². The Hall–Kier alpha value is -4.66. The van der Waals surface area contributed by atoms with E-state index in [-0.39, 0.29) is 36.6 Å². The zero-order chi connectivity index (χ0) is 28.2. The number of H-pyrrole nitrogens is 2. The molecule has 2 unspecified atom stereocenters. The van der Waals surface area contributed by atoms with Crippen LogP contribution in [-0.2, 0) is 12.8 Å². The number of amides is 2. The Labute approximate surface area is 227 Å². The monoisotopic (exact) mass is 551 g/mol. The first kappa shape index (κ1) is 25.6. The number of aliphatic hydroxyl groups excluding tert-OH is 1. The molecule has 5 atom stereocenters. The summed E-state index contributed by atoms with van der Waals surface area (Å²) in [6, 6.07) is 4.64. The van der Waals surface area contributed by atoms with Crippen molar-refractivity contribution in [3.63, 3.8) is 0 Å². The summed E-state index contributed by atoms with van der Waals surface area (Å²) in [6.07, 6.45) is 2.73. The van der Waals surface area contributed by atoms with Gasteiger partial charge < -0.3 is 31.4 Å². The lowest BCUT2D eigenvalue weighted by molar-refractivity contribution is -0.513. The van der Waals surface area contributed by atoms with Gasteiger partial charge in [0, 0.05) is 24.7 Å².